The van der Waals surface area contributed by atoms with Gasteiger partial charge in [-0.2, -0.15) is 4.72 Å². The summed E-state index contributed by atoms with van der Waals surface area (Å²) in [5.74, 6) is -0.324. The third-order valence-electron chi connectivity index (χ3n) is 2.39. The van der Waals surface area contributed by atoms with Crippen molar-refractivity contribution in [2.24, 2.45) is 0 Å². The van der Waals surface area contributed by atoms with Crippen LogP contribution in [0, 0.1) is 0 Å². The van der Waals surface area contributed by atoms with Crippen molar-refractivity contribution in [1.29, 1.82) is 0 Å². The van der Waals surface area contributed by atoms with Gasteiger partial charge in [0, 0.05) is 24.3 Å². The molecule has 0 saturated heterocycles. The van der Waals surface area contributed by atoms with Gasteiger partial charge in [-0.1, -0.05) is 0 Å². The van der Waals surface area contributed by atoms with Gasteiger partial charge < -0.3 is 10.6 Å². The zero-order chi connectivity index (χ0) is 14.8. The molecule has 8 heteroatoms. The van der Waals surface area contributed by atoms with Gasteiger partial charge in [-0.25, -0.2) is 8.42 Å². The van der Waals surface area contributed by atoms with Gasteiger partial charge in [0.2, 0.25) is 15.9 Å². The third kappa shape index (κ3) is 3.92. The second-order valence-corrected chi connectivity index (χ2v) is 6.80. The topological polar surface area (TPSA) is 92.5 Å². The van der Waals surface area contributed by atoms with Crippen LogP contribution < -0.4 is 10.5 Å². The summed E-state index contributed by atoms with van der Waals surface area (Å²) in [7, 11) is -0.662. The van der Waals surface area contributed by atoms with Crippen LogP contribution in [0.4, 0.5) is 5.69 Å². The Bertz CT molecular complexity index is 587. The van der Waals surface area contributed by atoms with Crippen LogP contribution >= 0.6 is 15.9 Å². The lowest BCUT2D eigenvalue weighted by Gasteiger charge is -2.18. The molecule has 1 rings (SSSR count). The standard InChI is InChI=1S/C11H16BrN3O3S/c1-7(11(16)15(2)3)14-19(17,18)10-5-4-8(13)6-9(10)12/h4-7,14H,13H2,1-3H3. The van der Waals surface area contributed by atoms with Gasteiger partial charge in [0.05, 0.1) is 10.9 Å². The minimum atomic E-state index is -3.79. The SMILES string of the molecule is CC(NS(=O)(=O)c1ccc(N)cc1Br)C(=O)N(C)C. The van der Waals surface area contributed by atoms with E-state index in [0.29, 0.717) is 10.2 Å². The molecule has 0 fully saturated rings. The number of rotatable bonds is 4. The molecule has 1 atom stereocenters. The second-order valence-electron chi connectivity index (χ2n) is 4.27. The minimum absolute atomic E-state index is 0.0418. The Labute approximate surface area is 121 Å². The molecular formula is C11H16BrN3O3S. The lowest BCUT2D eigenvalue weighted by Crippen LogP contribution is -2.44. The zero-order valence-corrected chi connectivity index (χ0v) is 13.2. The Morgan fingerprint density at radius 1 is 1.42 bits per heavy atom. The maximum absolute atomic E-state index is 12.1. The number of hydrogen-bond donors (Lipinski definition) is 2. The lowest BCUT2D eigenvalue weighted by molar-refractivity contribution is -0.130. The van der Waals surface area contributed by atoms with Crippen molar-refractivity contribution in [2.75, 3.05) is 19.8 Å². The van der Waals surface area contributed by atoms with Gasteiger partial charge in [-0.15, -0.1) is 0 Å². The van der Waals surface area contributed by atoms with Gasteiger partial charge in [-0.05, 0) is 41.1 Å². The Morgan fingerprint density at radius 3 is 2.47 bits per heavy atom. The molecular weight excluding hydrogens is 334 g/mol. The molecule has 0 heterocycles. The third-order valence-corrected chi connectivity index (χ3v) is 4.91. The fourth-order valence-electron chi connectivity index (χ4n) is 1.47. The van der Waals surface area contributed by atoms with Gasteiger partial charge >= 0.3 is 0 Å². The number of likely N-dealkylation sites (N-methyl/N-ethyl adjacent to an activating group) is 1. The number of nitrogens with zero attached hydrogens (tertiary/aromatic N) is 1. The van der Waals surface area contributed by atoms with Gasteiger partial charge in [0.1, 0.15) is 0 Å². The second kappa shape index (κ2) is 5.89. The predicted octanol–water partition coefficient (Wildman–Crippen LogP) is 0.786. The number of benzene rings is 1. The van der Waals surface area contributed by atoms with E-state index in [1.165, 1.54) is 30.0 Å². The molecule has 0 radical (unpaired) electrons. The highest BCUT2D eigenvalue weighted by Gasteiger charge is 2.24. The van der Waals surface area contributed by atoms with Crippen LogP contribution in [0.15, 0.2) is 27.6 Å². The van der Waals surface area contributed by atoms with E-state index in [1.807, 2.05) is 0 Å². The molecule has 0 aromatic heterocycles. The Kier molecular flexibility index (Phi) is 4.94. The fourth-order valence-corrected chi connectivity index (χ4v) is 3.76. The normalized spacial score (nSPS) is 13.1. The molecule has 0 aliphatic rings. The molecule has 1 aromatic carbocycles. The zero-order valence-electron chi connectivity index (χ0n) is 10.8. The van der Waals surface area contributed by atoms with Crippen molar-refractivity contribution in [1.82, 2.24) is 9.62 Å². The summed E-state index contributed by atoms with van der Waals surface area (Å²) in [5, 5.41) is 0. The van der Waals surface area contributed by atoms with Crippen LogP contribution in [0.2, 0.25) is 0 Å². The number of carbonyl (C=O) groups is 1. The monoisotopic (exact) mass is 349 g/mol. The van der Waals surface area contributed by atoms with E-state index in [9.17, 15) is 13.2 Å². The highest BCUT2D eigenvalue weighted by atomic mass is 79.9. The smallest absolute Gasteiger partial charge is 0.242 e. The van der Waals surface area contributed by atoms with Crippen LogP contribution in [0.5, 0.6) is 0 Å². The molecule has 6 nitrogen and oxygen atoms in total. The molecule has 3 N–H and O–H groups in total. The van der Waals surface area contributed by atoms with Crippen molar-refractivity contribution in [3.63, 3.8) is 0 Å². The molecule has 106 valence electrons. The van der Waals surface area contributed by atoms with E-state index < -0.39 is 16.1 Å². The Hall–Kier alpha value is -1.12. The number of nitrogens with one attached hydrogen (secondary N) is 1. The first-order valence-corrected chi connectivity index (χ1v) is 7.71. The Morgan fingerprint density at radius 2 is 2.00 bits per heavy atom. The predicted molar refractivity (Wildman–Crippen MR) is 77.0 cm³/mol. The number of carbonyl (C=O) groups excluding carboxylic acids is 1. The summed E-state index contributed by atoms with van der Waals surface area (Å²) in [6, 6.07) is 3.52. The largest absolute Gasteiger partial charge is 0.399 e. The average molecular weight is 350 g/mol. The van der Waals surface area contributed by atoms with Crippen molar-refractivity contribution in [3.8, 4) is 0 Å². The number of nitrogens with two attached hydrogens (primary N) is 1. The van der Waals surface area contributed by atoms with Crippen LogP contribution in [0.1, 0.15) is 6.92 Å². The van der Waals surface area contributed by atoms with Crippen molar-refractivity contribution in [3.05, 3.63) is 22.7 Å². The number of hydrogen-bond acceptors (Lipinski definition) is 4. The molecule has 0 aliphatic heterocycles. The quantitative estimate of drug-likeness (QED) is 0.785. The van der Waals surface area contributed by atoms with Gasteiger partial charge in [0.25, 0.3) is 0 Å². The number of sulfonamides is 1. The summed E-state index contributed by atoms with van der Waals surface area (Å²) < 4.78 is 27.0. The van der Waals surface area contributed by atoms with Crippen molar-refractivity contribution in [2.45, 2.75) is 17.9 Å². The van der Waals surface area contributed by atoms with E-state index >= 15 is 0 Å². The molecule has 0 spiro atoms. The summed E-state index contributed by atoms with van der Waals surface area (Å²) in [6.07, 6.45) is 0. The van der Waals surface area contributed by atoms with E-state index in [1.54, 1.807) is 14.1 Å². The number of anilines is 1. The molecule has 0 bridgehead atoms. The van der Waals surface area contributed by atoms with Crippen LogP contribution in [-0.4, -0.2) is 39.4 Å². The summed E-state index contributed by atoms with van der Waals surface area (Å²) in [4.78, 5) is 13.0. The molecule has 0 aliphatic carbocycles. The number of nitrogen functional groups attached to an aromatic ring is 1. The van der Waals surface area contributed by atoms with Crippen molar-refractivity contribution < 1.29 is 13.2 Å². The minimum Gasteiger partial charge on any atom is -0.399 e. The molecule has 0 saturated carbocycles. The van der Waals surface area contributed by atoms with Gasteiger partial charge in [-0.3, -0.25) is 4.79 Å². The molecule has 19 heavy (non-hydrogen) atoms. The average Bonchev–Trinajstić information content (AvgIpc) is 2.26. The Balaban J connectivity index is 3.02. The van der Waals surface area contributed by atoms with E-state index in [0.717, 1.165) is 0 Å². The summed E-state index contributed by atoms with van der Waals surface area (Å²) >= 11 is 3.14. The highest BCUT2D eigenvalue weighted by molar-refractivity contribution is 9.10. The van der Waals surface area contributed by atoms with E-state index in [-0.39, 0.29) is 10.8 Å². The number of amides is 1. The molecule has 1 unspecified atom stereocenters. The van der Waals surface area contributed by atoms with Crippen LogP contribution in [0.3, 0.4) is 0 Å². The fraction of sp³-hybridized carbons (Fsp3) is 0.364. The summed E-state index contributed by atoms with van der Waals surface area (Å²) in [5.41, 5.74) is 6.00. The number of halogens is 1. The lowest BCUT2D eigenvalue weighted by atomic mass is 10.3. The molecule has 1 aromatic rings. The summed E-state index contributed by atoms with van der Waals surface area (Å²) in [6.45, 7) is 1.49. The first kappa shape index (κ1) is 15.9. The maximum atomic E-state index is 12.1. The first-order chi connectivity index (χ1) is 8.65. The van der Waals surface area contributed by atoms with Gasteiger partial charge in [0.15, 0.2) is 0 Å². The molecule has 1 amide bonds. The van der Waals surface area contributed by atoms with E-state index in [4.69, 9.17) is 5.73 Å². The van der Waals surface area contributed by atoms with Crippen molar-refractivity contribution >= 4 is 37.5 Å². The maximum Gasteiger partial charge on any atom is 0.242 e. The first-order valence-electron chi connectivity index (χ1n) is 5.43. The van der Waals surface area contributed by atoms with Crippen LogP contribution in [0.25, 0.3) is 0 Å². The highest BCUT2D eigenvalue weighted by Crippen LogP contribution is 2.24. The van der Waals surface area contributed by atoms with E-state index in [2.05, 4.69) is 20.7 Å². The van der Waals surface area contributed by atoms with Crippen LogP contribution in [-0.2, 0) is 14.8 Å².